The summed E-state index contributed by atoms with van der Waals surface area (Å²) < 4.78 is 49.0. The molecule has 1 unspecified atom stereocenters. The quantitative estimate of drug-likeness (QED) is 0.574. The van der Waals surface area contributed by atoms with Crippen LogP contribution in [0.1, 0.15) is 5.56 Å². The zero-order valence-electron chi connectivity index (χ0n) is 13.3. The molecule has 0 aliphatic carbocycles. The van der Waals surface area contributed by atoms with E-state index in [1.54, 1.807) is 18.2 Å². The van der Waals surface area contributed by atoms with Gasteiger partial charge in [0.1, 0.15) is 17.0 Å². The van der Waals surface area contributed by atoms with Crippen molar-refractivity contribution in [2.75, 3.05) is 20.8 Å². The van der Waals surface area contributed by atoms with E-state index in [0.717, 1.165) is 11.8 Å². The fraction of sp³-hybridized carbons (Fsp3) is 0.333. The Morgan fingerprint density at radius 3 is 2.64 bits per heavy atom. The summed E-state index contributed by atoms with van der Waals surface area (Å²) >= 11 is 6.04. The molecule has 2 rings (SSSR count). The number of alkyl halides is 3. The lowest BCUT2D eigenvalue weighted by atomic mass is 10.2. The summed E-state index contributed by atoms with van der Waals surface area (Å²) in [6.07, 6.45) is -2.81. The van der Waals surface area contributed by atoms with Crippen molar-refractivity contribution in [1.82, 2.24) is 10.6 Å². The molecule has 1 aromatic rings. The van der Waals surface area contributed by atoms with E-state index in [1.165, 1.54) is 20.2 Å². The molecule has 5 nitrogen and oxygen atoms in total. The molecule has 1 aliphatic rings. The molecule has 1 heterocycles. The Morgan fingerprint density at radius 2 is 2.12 bits per heavy atom. The third-order valence-corrected chi connectivity index (χ3v) is 4.44. The number of likely N-dealkylation sites (N-methyl/N-ethyl adjacent to an activating group) is 1. The van der Waals surface area contributed by atoms with Crippen molar-refractivity contribution in [3.05, 3.63) is 28.7 Å². The normalized spacial score (nSPS) is 17.6. The lowest BCUT2D eigenvalue weighted by Crippen LogP contribution is -2.44. The highest BCUT2D eigenvalue weighted by atomic mass is 32.2. The maximum absolute atomic E-state index is 12.7. The number of ether oxygens (including phenoxy) is 2. The van der Waals surface area contributed by atoms with Gasteiger partial charge in [0.05, 0.1) is 12.0 Å². The molecule has 25 heavy (non-hydrogen) atoms. The standard InChI is InChI=1S/C15H15F3N2O3S2/c1-19-12(15(16,17)18)7-23-9-4-3-8(5-10(9)22-2)6-11-13(21)20-14(24)25-11/h3-6,12,19H,7H2,1-2H3,(H,20,21,24)/b11-6-. The van der Waals surface area contributed by atoms with E-state index in [0.29, 0.717) is 14.8 Å². The monoisotopic (exact) mass is 392 g/mol. The Labute approximate surface area is 151 Å². The maximum Gasteiger partial charge on any atom is 0.407 e. The average molecular weight is 392 g/mol. The predicted octanol–water partition coefficient (Wildman–Crippen LogP) is 2.71. The molecular weight excluding hydrogens is 377 g/mol. The second-order valence-corrected chi connectivity index (χ2v) is 6.68. The summed E-state index contributed by atoms with van der Waals surface area (Å²) in [5, 5.41) is 4.66. The number of amides is 1. The lowest BCUT2D eigenvalue weighted by molar-refractivity contribution is -0.160. The van der Waals surface area contributed by atoms with E-state index in [-0.39, 0.29) is 17.4 Å². The van der Waals surface area contributed by atoms with Crippen LogP contribution in [0.2, 0.25) is 0 Å². The molecule has 0 bridgehead atoms. The summed E-state index contributed by atoms with van der Waals surface area (Å²) in [7, 11) is 2.59. The first-order chi connectivity index (χ1) is 11.7. The molecule has 1 amide bonds. The molecule has 1 saturated heterocycles. The van der Waals surface area contributed by atoms with E-state index in [2.05, 4.69) is 10.6 Å². The van der Waals surface area contributed by atoms with Crippen molar-refractivity contribution in [2.24, 2.45) is 0 Å². The fourth-order valence-electron chi connectivity index (χ4n) is 1.98. The zero-order valence-corrected chi connectivity index (χ0v) is 14.9. The Hall–Kier alpha value is -1.78. The summed E-state index contributed by atoms with van der Waals surface area (Å²) in [4.78, 5) is 12.1. The second kappa shape index (κ2) is 8.07. The highest BCUT2D eigenvalue weighted by Crippen LogP contribution is 2.32. The van der Waals surface area contributed by atoms with Crippen LogP contribution in [0.3, 0.4) is 0 Å². The summed E-state index contributed by atoms with van der Waals surface area (Å²) in [5.74, 6) is 0.141. The largest absolute Gasteiger partial charge is 0.493 e. The number of carbonyl (C=O) groups is 1. The number of hydrogen-bond donors (Lipinski definition) is 2. The van der Waals surface area contributed by atoms with Gasteiger partial charge in [0, 0.05) is 0 Å². The van der Waals surface area contributed by atoms with E-state index in [1.807, 2.05) is 0 Å². The van der Waals surface area contributed by atoms with Crippen LogP contribution in [0.5, 0.6) is 11.5 Å². The number of benzene rings is 1. The molecule has 0 aromatic heterocycles. The summed E-state index contributed by atoms with van der Waals surface area (Å²) in [6, 6.07) is 2.88. The number of methoxy groups -OCH3 is 1. The van der Waals surface area contributed by atoms with Crippen LogP contribution in [0.15, 0.2) is 23.1 Å². The molecule has 1 aromatic carbocycles. The predicted molar refractivity (Wildman–Crippen MR) is 93.7 cm³/mol. The minimum Gasteiger partial charge on any atom is -0.493 e. The van der Waals surface area contributed by atoms with Crippen molar-refractivity contribution in [2.45, 2.75) is 12.2 Å². The number of carbonyl (C=O) groups excluding carboxylic acids is 1. The molecule has 136 valence electrons. The summed E-state index contributed by atoms with van der Waals surface area (Å²) in [5.41, 5.74) is 0.632. The van der Waals surface area contributed by atoms with Crippen LogP contribution in [-0.2, 0) is 4.79 Å². The van der Waals surface area contributed by atoms with Gasteiger partial charge in [-0.3, -0.25) is 4.79 Å². The van der Waals surface area contributed by atoms with Crippen LogP contribution >= 0.6 is 24.0 Å². The van der Waals surface area contributed by atoms with Gasteiger partial charge in [-0.2, -0.15) is 13.2 Å². The maximum atomic E-state index is 12.7. The van der Waals surface area contributed by atoms with Crippen LogP contribution in [-0.4, -0.2) is 43.2 Å². The Balaban J connectivity index is 2.15. The smallest absolute Gasteiger partial charge is 0.407 e. The lowest BCUT2D eigenvalue weighted by Gasteiger charge is -2.20. The van der Waals surface area contributed by atoms with Crippen molar-refractivity contribution >= 4 is 40.3 Å². The molecule has 0 saturated carbocycles. The number of thiocarbonyl (C=S) groups is 1. The average Bonchev–Trinajstić information content (AvgIpc) is 2.85. The third-order valence-electron chi connectivity index (χ3n) is 3.28. The molecular formula is C15H15F3N2O3S2. The molecule has 1 aliphatic heterocycles. The van der Waals surface area contributed by atoms with Crippen LogP contribution in [0.25, 0.3) is 6.08 Å². The van der Waals surface area contributed by atoms with Gasteiger partial charge < -0.3 is 20.1 Å². The number of rotatable bonds is 6. The Bertz CT molecular complexity index is 708. The highest BCUT2D eigenvalue weighted by Gasteiger charge is 2.39. The van der Waals surface area contributed by atoms with Crippen molar-refractivity contribution < 1.29 is 27.4 Å². The zero-order chi connectivity index (χ0) is 18.6. The minimum absolute atomic E-state index is 0.174. The Kier molecular flexibility index (Phi) is 6.31. The number of halogens is 3. The highest BCUT2D eigenvalue weighted by molar-refractivity contribution is 8.26. The van der Waals surface area contributed by atoms with E-state index in [9.17, 15) is 18.0 Å². The minimum atomic E-state index is -4.42. The van der Waals surface area contributed by atoms with E-state index < -0.39 is 18.8 Å². The molecule has 2 N–H and O–H groups in total. The van der Waals surface area contributed by atoms with Gasteiger partial charge in [0.2, 0.25) is 0 Å². The first kappa shape index (κ1) is 19.5. The topological polar surface area (TPSA) is 59.6 Å². The first-order valence-electron chi connectivity index (χ1n) is 7.04. The van der Waals surface area contributed by atoms with Gasteiger partial charge in [-0.05, 0) is 30.8 Å². The second-order valence-electron chi connectivity index (χ2n) is 4.96. The van der Waals surface area contributed by atoms with E-state index >= 15 is 0 Å². The van der Waals surface area contributed by atoms with Crippen LogP contribution < -0.4 is 20.1 Å². The van der Waals surface area contributed by atoms with Crippen LogP contribution in [0.4, 0.5) is 13.2 Å². The SMILES string of the molecule is CNC(COc1ccc(/C=C2\SC(=S)NC2=O)cc1OC)C(F)(F)F. The van der Waals surface area contributed by atoms with Crippen molar-refractivity contribution in [1.29, 1.82) is 0 Å². The Morgan fingerprint density at radius 1 is 1.40 bits per heavy atom. The summed E-state index contributed by atoms with van der Waals surface area (Å²) in [6.45, 7) is -0.594. The molecule has 0 spiro atoms. The first-order valence-corrected chi connectivity index (χ1v) is 8.26. The van der Waals surface area contributed by atoms with Gasteiger partial charge in [0.25, 0.3) is 5.91 Å². The molecule has 1 fully saturated rings. The van der Waals surface area contributed by atoms with E-state index in [4.69, 9.17) is 21.7 Å². The van der Waals surface area contributed by atoms with Gasteiger partial charge >= 0.3 is 6.18 Å². The van der Waals surface area contributed by atoms with Gasteiger partial charge in [-0.25, -0.2) is 0 Å². The number of hydrogen-bond acceptors (Lipinski definition) is 6. The molecule has 1 atom stereocenters. The fourth-order valence-corrected chi connectivity index (χ4v) is 3.02. The van der Waals surface area contributed by atoms with Gasteiger partial charge in [0.15, 0.2) is 11.5 Å². The number of nitrogens with one attached hydrogen (secondary N) is 2. The molecule has 10 heteroatoms. The van der Waals surface area contributed by atoms with Crippen molar-refractivity contribution in [3.63, 3.8) is 0 Å². The number of thioether (sulfide) groups is 1. The van der Waals surface area contributed by atoms with Gasteiger partial charge in [-0.1, -0.05) is 30.0 Å². The van der Waals surface area contributed by atoms with Crippen molar-refractivity contribution in [3.8, 4) is 11.5 Å². The molecule has 0 radical (unpaired) electrons. The van der Waals surface area contributed by atoms with Gasteiger partial charge in [-0.15, -0.1) is 0 Å². The van der Waals surface area contributed by atoms with Crippen LogP contribution in [0, 0.1) is 0 Å². The third kappa shape index (κ3) is 5.10.